The van der Waals surface area contributed by atoms with Crippen LogP contribution in [0.5, 0.6) is 5.75 Å². The van der Waals surface area contributed by atoms with E-state index in [2.05, 4.69) is 0 Å². The van der Waals surface area contributed by atoms with E-state index in [1.54, 1.807) is 6.07 Å². The van der Waals surface area contributed by atoms with Crippen molar-refractivity contribution in [3.8, 4) is 5.75 Å². The van der Waals surface area contributed by atoms with E-state index in [9.17, 15) is 4.39 Å². The standard InChI is InChI=1S/C13H8ClFOS/c14-9-1-4-12-8(5-9)7-16-11-3-2-10(15)6-13(11)17-12/h1-6H,7H2. The third-order valence-electron chi connectivity index (χ3n) is 2.53. The molecule has 17 heavy (non-hydrogen) atoms. The van der Waals surface area contributed by atoms with Crippen molar-refractivity contribution < 1.29 is 9.13 Å². The van der Waals surface area contributed by atoms with Crippen molar-refractivity contribution in [3.63, 3.8) is 0 Å². The van der Waals surface area contributed by atoms with E-state index in [4.69, 9.17) is 16.3 Å². The number of ether oxygens (including phenoxy) is 1. The summed E-state index contributed by atoms with van der Waals surface area (Å²) in [6.45, 7) is 0.460. The van der Waals surface area contributed by atoms with E-state index in [1.807, 2.05) is 18.2 Å². The molecule has 0 aromatic heterocycles. The predicted octanol–water partition coefficient (Wildman–Crippen LogP) is 4.52. The van der Waals surface area contributed by atoms with Crippen LogP contribution in [-0.4, -0.2) is 0 Å². The molecule has 0 N–H and O–H groups in total. The van der Waals surface area contributed by atoms with Gasteiger partial charge in [-0.2, -0.15) is 0 Å². The lowest BCUT2D eigenvalue weighted by atomic mass is 10.2. The Morgan fingerprint density at radius 1 is 1.12 bits per heavy atom. The summed E-state index contributed by atoms with van der Waals surface area (Å²) in [7, 11) is 0. The fraction of sp³-hybridized carbons (Fsp3) is 0.0769. The van der Waals surface area contributed by atoms with Gasteiger partial charge in [0.05, 0.1) is 4.90 Å². The summed E-state index contributed by atoms with van der Waals surface area (Å²) in [4.78, 5) is 1.85. The zero-order valence-corrected chi connectivity index (χ0v) is 10.3. The highest BCUT2D eigenvalue weighted by atomic mass is 35.5. The van der Waals surface area contributed by atoms with Crippen LogP contribution in [0.4, 0.5) is 4.39 Å². The summed E-state index contributed by atoms with van der Waals surface area (Å²) in [6.07, 6.45) is 0. The Kier molecular flexibility index (Phi) is 2.73. The molecule has 0 fully saturated rings. The minimum absolute atomic E-state index is 0.253. The predicted molar refractivity (Wildman–Crippen MR) is 66.3 cm³/mol. The lowest BCUT2D eigenvalue weighted by Gasteiger charge is -2.05. The van der Waals surface area contributed by atoms with Gasteiger partial charge in [-0.25, -0.2) is 4.39 Å². The van der Waals surface area contributed by atoms with E-state index in [0.717, 1.165) is 15.4 Å². The summed E-state index contributed by atoms with van der Waals surface area (Å²) in [6, 6.07) is 10.2. The van der Waals surface area contributed by atoms with Crippen molar-refractivity contribution in [2.75, 3.05) is 0 Å². The van der Waals surface area contributed by atoms with Gasteiger partial charge in [0.1, 0.15) is 18.2 Å². The van der Waals surface area contributed by atoms with Crippen LogP contribution < -0.4 is 4.74 Å². The number of benzene rings is 2. The molecule has 0 amide bonds. The van der Waals surface area contributed by atoms with Crippen LogP contribution in [0, 0.1) is 5.82 Å². The van der Waals surface area contributed by atoms with Crippen molar-refractivity contribution in [2.24, 2.45) is 0 Å². The molecule has 0 aliphatic carbocycles. The highest BCUT2D eigenvalue weighted by Crippen LogP contribution is 2.41. The normalized spacial score (nSPS) is 13.3. The van der Waals surface area contributed by atoms with Crippen LogP contribution >= 0.6 is 23.4 Å². The zero-order chi connectivity index (χ0) is 11.8. The fourth-order valence-electron chi connectivity index (χ4n) is 1.72. The molecule has 3 rings (SSSR count). The molecule has 4 heteroatoms. The van der Waals surface area contributed by atoms with Crippen LogP contribution in [0.1, 0.15) is 5.56 Å². The molecular weight excluding hydrogens is 259 g/mol. The van der Waals surface area contributed by atoms with E-state index in [0.29, 0.717) is 17.4 Å². The molecule has 0 saturated heterocycles. The van der Waals surface area contributed by atoms with Crippen molar-refractivity contribution >= 4 is 23.4 Å². The highest BCUT2D eigenvalue weighted by molar-refractivity contribution is 7.99. The average molecular weight is 267 g/mol. The van der Waals surface area contributed by atoms with E-state index < -0.39 is 0 Å². The van der Waals surface area contributed by atoms with Gasteiger partial charge in [-0.15, -0.1) is 0 Å². The maximum Gasteiger partial charge on any atom is 0.133 e. The second-order valence-corrected chi connectivity index (χ2v) is 5.25. The van der Waals surface area contributed by atoms with Gasteiger partial charge in [-0.1, -0.05) is 23.4 Å². The molecule has 0 bridgehead atoms. The summed E-state index contributed by atoms with van der Waals surface area (Å²) in [5.74, 6) is 0.459. The van der Waals surface area contributed by atoms with Gasteiger partial charge in [0.15, 0.2) is 0 Å². The first kappa shape index (κ1) is 10.9. The molecule has 1 aliphatic rings. The van der Waals surface area contributed by atoms with Crippen molar-refractivity contribution in [1.82, 2.24) is 0 Å². The number of hydrogen-bond acceptors (Lipinski definition) is 2. The Labute approximate surface area is 108 Å². The van der Waals surface area contributed by atoms with E-state index >= 15 is 0 Å². The Morgan fingerprint density at radius 3 is 2.88 bits per heavy atom. The van der Waals surface area contributed by atoms with Crippen LogP contribution in [0.15, 0.2) is 46.2 Å². The molecule has 0 radical (unpaired) electrons. The van der Waals surface area contributed by atoms with Gasteiger partial charge >= 0.3 is 0 Å². The van der Waals surface area contributed by atoms with E-state index in [-0.39, 0.29) is 5.82 Å². The van der Waals surface area contributed by atoms with Gasteiger partial charge < -0.3 is 4.74 Å². The first-order valence-corrected chi connectivity index (χ1v) is 6.30. The molecule has 86 valence electrons. The summed E-state index contributed by atoms with van der Waals surface area (Å²) < 4.78 is 18.8. The van der Waals surface area contributed by atoms with Crippen LogP contribution in [0.2, 0.25) is 5.02 Å². The fourth-order valence-corrected chi connectivity index (χ4v) is 2.93. The van der Waals surface area contributed by atoms with E-state index in [1.165, 1.54) is 23.9 Å². The molecule has 0 spiro atoms. The summed E-state index contributed by atoms with van der Waals surface area (Å²) in [5.41, 5.74) is 1.03. The monoisotopic (exact) mass is 266 g/mol. The Morgan fingerprint density at radius 2 is 2.00 bits per heavy atom. The number of hydrogen-bond donors (Lipinski definition) is 0. The summed E-state index contributed by atoms with van der Waals surface area (Å²) in [5, 5.41) is 0.685. The molecule has 0 saturated carbocycles. The minimum Gasteiger partial charge on any atom is -0.488 e. The van der Waals surface area contributed by atoms with Crippen molar-refractivity contribution in [2.45, 2.75) is 16.4 Å². The van der Waals surface area contributed by atoms with Gasteiger partial charge in [0, 0.05) is 15.5 Å². The lowest BCUT2D eigenvalue weighted by Crippen LogP contribution is -1.94. The molecule has 2 aromatic rings. The van der Waals surface area contributed by atoms with Gasteiger partial charge in [-0.05, 0) is 36.4 Å². The molecule has 1 heterocycles. The lowest BCUT2D eigenvalue weighted by molar-refractivity contribution is 0.297. The average Bonchev–Trinajstić information content (AvgIpc) is 2.47. The Bertz CT molecular complexity index is 586. The summed E-state index contributed by atoms with van der Waals surface area (Å²) >= 11 is 7.44. The highest BCUT2D eigenvalue weighted by Gasteiger charge is 2.15. The smallest absolute Gasteiger partial charge is 0.133 e. The third kappa shape index (κ3) is 2.13. The molecular formula is C13H8ClFOS. The number of rotatable bonds is 0. The quantitative estimate of drug-likeness (QED) is 0.693. The topological polar surface area (TPSA) is 9.23 Å². The minimum atomic E-state index is -0.253. The Balaban J connectivity index is 2.08. The van der Waals surface area contributed by atoms with Crippen LogP contribution in [0.3, 0.4) is 0 Å². The van der Waals surface area contributed by atoms with Gasteiger partial charge in [0.2, 0.25) is 0 Å². The first-order valence-electron chi connectivity index (χ1n) is 5.11. The largest absolute Gasteiger partial charge is 0.488 e. The maximum absolute atomic E-state index is 13.2. The van der Waals surface area contributed by atoms with Crippen LogP contribution in [-0.2, 0) is 6.61 Å². The van der Waals surface area contributed by atoms with Gasteiger partial charge in [0.25, 0.3) is 0 Å². The SMILES string of the molecule is Fc1ccc2c(c1)Sc1ccc(Cl)cc1CO2. The third-order valence-corrected chi connectivity index (χ3v) is 3.92. The molecule has 0 atom stereocenters. The van der Waals surface area contributed by atoms with Crippen molar-refractivity contribution in [3.05, 3.63) is 52.8 Å². The first-order chi connectivity index (χ1) is 8.22. The van der Waals surface area contributed by atoms with Crippen LogP contribution in [0.25, 0.3) is 0 Å². The van der Waals surface area contributed by atoms with Crippen molar-refractivity contribution in [1.29, 1.82) is 0 Å². The molecule has 1 nitrogen and oxygen atoms in total. The molecule has 1 aliphatic heterocycles. The molecule has 0 unspecified atom stereocenters. The molecule has 2 aromatic carbocycles. The van der Waals surface area contributed by atoms with Gasteiger partial charge in [-0.3, -0.25) is 0 Å². The zero-order valence-electron chi connectivity index (χ0n) is 8.74. The number of halogens is 2. The maximum atomic E-state index is 13.2. The Hall–Kier alpha value is -1.19. The number of fused-ring (bicyclic) bond motifs is 2. The second-order valence-electron chi connectivity index (χ2n) is 3.73. The second kappa shape index (κ2) is 4.24.